The molecule has 0 radical (unpaired) electrons. The van der Waals surface area contributed by atoms with E-state index in [2.05, 4.69) is 27.7 Å². The molecule has 0 saturated heterocycles. The summed E-state index contributed by atoms with van der Waals surface area (Å²) in [6.45, 7) is 8.73. The van der Waals surface area contributed by atoms with E-state index in [0.717, 1.165) is 32.1 Å². The van der Waals surface area contributed by atoms with Gasteiger partial charge in [-0.1, -0.05) is 45.3 Å². The summed E-state index contributed by atoms with van der Waals surface area (Å²) in [7, 11) is 0. The zero-order chi connectivity index (χ0) is 15.1. The first kappa shape index (κ1) is 16.5. The van der Waals surface area contributed by atoms with Gasteiger partial charge in [0, 0.05) is 5.56 Å². The summed E-state index contributed by atoms with van der Waals surface area (Å²) in [5, 5.41) is 0. The van der Waals surface area contributed by atoms with Gasteiger partial charge in [0.05, 0.1) is 0 Å². The molecule has 0 unspecified atom stereocenters. The monoisotopic (exact) mass is 273 g/mol. The van der Waals surface area contributed by atoms with Crippen molar-refractivity contribution in [1.29, 1.82) is 0 Å². The minimum absolute atomic E-state index is 0.353. The highest BCUT2D eigenvalue weighted by molar-refractivity contribution is 5.94. The number of nitrogens with two attached hydrogens (primary N) is 1. The quantitative estimate of drug-likeness (QED) is 0.757. The van der Waals surface area contributed by atoms with E-state index in [4.69, 9.17) is 5.73 Å². The van der Waals surface area contributed by atoms with E-state index in [1.807, 2.05) is 18.2 Å². The number of primary amides is 1. The van der Waals surface area contributed by atoms with Gasteiger partial charge in [-0.25, -0.2) is 0 Å². The van der Waals surface area contributed by atoms with E-state index in [9.17, 15) is 4.79 Å². The topological polar surface area (TPSA) is 43.1 Å². The highest BCUT2D eigenvalue weighted by Crippen LogP contribution is 2.30. The lowest BCUT2D eigenvalue weighted by molar-refractivity contribution is 0.100. The second kappa shape index (κ2) is 7.88. The first-order valence-corrected chi connectivity index (χ1v) is 7.66. The number of aryl methyl sites for hydroxylation is 1. The van der Waals surface area contributed by atoms with Crippen LogP contribution in [0.3, 0.4) is 0 Å². The van der Waals surface area contributed by atoms with Gasteiger partial charge in [-0.15, -0.1) is 0 Å². The smallest absolute Gasteiger partial charge is 0.248 e. The predicted octanol–water partition coefficient (Wildman–Crippen LogP) is 4.86. The maximum Gasteiger partial charge on any atom is 0.248 e. The standard InChI is InChI=1S/C18H27NO/c1-5-8-14(9-6-2)16(7-3)17-12-15(18(19)20)11-10-13(17)4/h10-12H,5-9H2,1-4H3,(H2,19,20). The Kier molecular flexibility index (Phi) is 6.50. The van der Waals surface area contributed by atoms with Crippen LogP contribution in [-0.2, 0) is 0 Å². The molecular weight excluding hydrogens is 246 g/mol. The van der Waals surface area contributed by atoms with Crippen molar-refractivity contribution in [2.75, 3.05) is 0 Å². The number of allylic oxidation sites excluding steroid dienone is 2. The molecule has 0 aromatic heterocycles. The SMILES string of the molecule is CCCC(CCC)=C(CC)c1cc(C(N)=O)ccc1C. The van der Waals surface area contributed by atoms with Crippen molar-refractivity contribution in [1.82, 2.24) is 0 Å². The Bertz CT molecular complexity index is 492. The number of hydrogen-bond acceptors (Lipinski definition) is 1. The van der Waals surface area contributed by atoms with Crippen LogP contribution in [0.1, 0.15) is 74.4 Å². The minimum Gasteiger partial charge on any atom is -0.366 e. The molecule has 2 heteroatoms. The van der Waals surface area contributed by atoms with Gasteiger partial charge in [0.2, 0.25) is 5.91 Å². The Morgan fingerprint density at radius 1 is 1.10 bits per heavy atom. The van der Waals surface area contributed by atoms with Crippen molar-refractivity contribution in [2.24, 2.45) is 5.73 Å². The largest absolute Gasteiger partial charge is 0.366 e. The van der Waals surface area contributed by atoms with E-state index < -0.39 is 0 Å². The lowest BCUT2D eigenvalue weighted by Gasteiger charge is -2.16. The Morgan fingerprint density at radius 2 is 1.70 bits per heavy atom. The summed E-state index contributed by atoms with van der Waals surface area (Å²) in [6, 6.07) is 5.77. The van der Waals surface area contributed by atoms with Crippen LogP contribution < -0.4 is 5.73 Å². The Labute approximate surface area is 123 Å². The number of carbonyl (C=O) groups is 1. The zero-order valence-electron chi connectivity index (χ0n) is 13.3. The number of carbonyl (C=O) groups excluding carboxylic acids is 1. The molecule has 0 bridgehead atoms. The molecule has 0 spiro atoms. The summed E-state index contributed by atoms with van der Waals surface area (Å²) < 4.78 is 0. The van der Waals surface area contributed by atoms with Gasteiger partial charge in [-0.2, -0.15) is 0 Å². The normalized spacial score (nSPS) is 10.4. The van der Waals surface area contributed by atoms with E-state index in [-0.39, 0.29) is 5.91 Å². The fourth-order valence-corrected chi connectivity index (χ4v) is 2.76. The molecule has 1 amide bonds. The molecule has 1 aromatic carbocycles. The fraction of sp³-hybridized carbons (Fsp3) is 0.500. The molecule has 0 heterocycles. The van der Waals surface area contributed by atoms with Crippen LogP contribution in [0.5, 0.6) is 0 Å². The summed E-state index contributed by atoms with van der Waals surface area (Å²) in [6.07, 6.45) is 5.59. The fourth-order valence-electron chi connectivity index (χ4n) is 2.76. The lowest BCUT2D eigenvalue weighted by Crippen LogP contribution is -2.11. The van der Waals surface area contributed by atoms with Crippen LogP contribution in [-0.4, -0.2) is 5.91 Å². The molecule has 2 nitrogen and oxygen atoms in total. The predicted molar refractivity (Wildman–Crippen MR) is 86.7 cm³/mol. The van der Waals surface area contributed by atoms with Gasteiger partial charge in [0.25, 0.3) is 0 Å². The van der Waals surface area contributed by atoms with Crippen LogP contribution in [0, 0.1) is 6.92 Å². The summed E-state index contributed by atoms with van der Waals surface area (Å²) in [5.74, 6) is -0.353. The second-order valence-corrected chi connectivity index (χ2v) is 5.33. The summed E-state index contributed by atoms with van der Waals surface area (Å²) >= 11 is 0. The third-order valence-electron chi connectivity index (χ3n) is 3.73. The van der Waals surface area contributed by atoms with Crippen LogP contribution in [0.4, 0.5) is 0 Å². The second-order valence-electron chi connectivity index (χ2n) is 5.33. The highest BCUT2D eigenvalue weighted by Gasteiger charge is 2.11. The molecule has 0 aliphatic carbocycles. The van der Waals surface area contributed by atoms with Gasteiger partial charge in [-0.3, -0.25) is 4.79 Å². The van der Waals surface area contributed by atoms with Crippen molar-refractivity contribution >= 4 is 11.5 Å². The van der Waals surface area contributed by atoms with Crippen molar-refractivity contribution < 1.29 is 4.79 Å². The van der Waals surface area contributed by atoms with Crippen molar-refractivity contribution in [3.05, 3.63) is 40.5 Å². The van der Waals surface area contributed by atoms with E-state index in [1.165, 1.54) is 22.3 Å². The molecule has 0 atom stereocenters. The maximum atomic E-state index is 11.4. The van der Waals surface area contributed by atoms with Gasteiger partial charge < -0.3 is 5.73 Å². The molecule has 1 aromatic rings. The Hall–Kier alpha value is -1.57. The molecule has 2 N–H and O–H groups in total. The molecule has 0 aliphatic heterocycles. The van der Waals surface area contributed by atoms with Crippen molar-refractivity contribution in [3.8, 4) is 0 Å². The third kappa shape index (κ3) is 3.96. The number of benzene rings is 1. The van der Waals surface area contributed by atoms with Crippen LogP contribution in [0.2, 0.25) is 0 Å². The van der Waals surface area contributed by atoms with Crippen molar-refractivity contribution in [2.45, 2.75) is 59.8 Å². The van der Waals surface area contributed by atoms with Crippen molar-refractivity contribution in [3.63, 3.8) is 0 Å². The Balaban J connectivity index is 3.38. The zero-order valence-corrected chi connectivity index (χ0v) is 13.3. The molecule has 0 aliphatic rings. The molecule has 0 fully saturated rings. The van der Waals surface area contributed by atoms with Gasteiger partial charge in [-0.05, 0) is 55.0 Å². The lowest BCUT2D eigenvalue weighted by atomic mass is 9.89. The molecule has 1 rings (SSSR count). The van der Waals surface area contributed by atoms with E-state index in [1.54, 1.807) is 0 Å². The molecule has 110 valence electrons. The highest BCUT2D eigenvalue weighted by atomic mass is 16.1. The number of hydrogen-bond donors (Lipinski definition) is 1. The molecule has 0 saturated carbocycles. The van der Waals surface area contributed by atoms with Gasteiger partial charge >= 0.3 is 0 Å². The van der Waals surface area contributed by atoms with Crippen LogP contribution in [0.15, 0.2) is 23.8 Å². The third-order valence-corrected chi connectivity index (χ3v) is 3.73. The summed E-state index contributed by atoms with van der Waals surface area (Å²) in [5.41, 5.74) is 11.4. The van der Waals surface area contributed by atoms with E-state index in [0.29, 0.717) is 5.56 Å². The van der Waals surface area contributed by atoms with Gasteiger partial charge in [0.1, 0.15) is 0 Å². The minimum atomic E-state index is -0.353. The first-order chi connectivity index (χ1) is 9.54. The maximum absolute atomic E-state index is 11.4. The van der Waals surface area contributed by atoms with Gasteiger partial charge in [0.15, 0.2) is 0 Å². The number of rotatable bonds is 7. The number of amides is 1. The molecular formula is C18H27NO. The Morgan fingerprint density at radius 3 is 2.15 bits per heavy atom. The molecule has 20 heavy (non-hydrogen) atoms. The first-order valence-electron chi connectivity index (χ1n) is 7.66. The van der Waals surface area contributed by atoms with Crippen LogP contribution in [0.25, 0.3) is 5.57 Å². The average molecular weight is 273 g/mol. The van der Waals surface area contributed by atoms with E-state index >= 15 is 0 Å². The summed E-state index contributed by atoms with van der Waals surface area (Å²) in [4.78, 5) is 11.4. The van der Waals surface area contributed by atoms with Crippen LogP contribution >= 0.6 is 0 Å². The average Bonchev–Trinajstić information content (AvgIpc) is 2.41.